The van der Waals surface area contributed by atoms with Crippen LogP contribution >= 0.6 is 0 Å². The van der Waals surface area contributed by atoms with Crippen molar-refractivity contribution in [1.29, 1.82) is 0 Å². The summed E-state index contributed by atoms with van der Waals surface area (Å²) >= 11 is 0. The van der Waals surface area contributed by atoms with Crippen LogP contribution in [0.1, 0.15) is 5.89 Å². The molecule has 94 valence electrons. The number of benzene rings is 1. The number of ether oxygens (including phenoxy) is 1. The third kappa shape index (κ3) is 3.11. The number of carbonyl (C=O) groups is 1. The molecule has 0 saturated carbocycles. The van der Waals surface area contributed by atoms with Gasteiger partial charge in [0.2, 0.25) is 11.8 Å². The molecule has 2 rings (SSSR count). The van der Waals surface area contributed by atoms with Crippen molar-refractivity contribution in [2.24, 2.45) is 0 Å². The van der Waals surface area contributed by atoms with Gasteiger partial charge in [0.05, 0.1) is 0 Å². The van der Waals surface area contributed by atoms with Gasteiger partial charge < -0.3 is 14.3 Å². The van der Waals surface area contributed by atoms with Crippen LogP contribution in [0.25, 0.3) is 11.5 Å². The number of carboxylic acids is 1. The van der Waals surface area contributed by atoms with Crippen LogP contribution in [0.4, 0.5) is 4.39 Å². The van der Waals surface area contributed by atoms with Crippen molar-refractivity contribution in [1.82, 2.24) is 10.2 Å². The highest BCUT2D eigenvalue weighted by Gasteiger charge is 2.09. The maximum Gasteiger partial charge on any atom is 0.329 e. The van der Waals surface area contributed by atoms with Crippen LogP contribution < -0.4 is 0 Å². The molecule has 0 fully saturated rings. The molecular formula is C11H9FN2O4. The first kappa shape index (κ1) is 12.2. The standard InChI is InChI=1S/C11H9FN2O4/c12-8-3-1-2-7(4-8)11-14-13-9(18-11)5-17-6-10(15)16/h1-4H,5-6H2,(H,15,16). The van der Waals surface area contributed by atoms with E-state index in [0.717, 1.165) is 0 Å². The molecular weight excluding hydrogens is 243 g/mol. The van der Waals surface area contributed by atoms with E-state index in [4.69, 9.17) is 14.3 Å². The number of nitrogens with zero attached hydrogens (tertiary/aromatic N) is 2. The van der Waals surface area contributed by atoms with E-state index in [1.807, 2.05) is 0 Å². The molecule has 2 aromatic rings. The van der Waals surface area contributed by atoms with E-state index in [1.165, 1.54) is 18.2 Å². The van der Waals surface area contributed by atoms with Crippen molar-refractivity contribution in [2.75, 3.05) is 6.61 Å². The van der Waals surface area contributed by atoms with Gasteiger partial charge in [-0.1, -0.05) is 6.07 Å². The van der Waals surface area contributed by atoms with Crippen LogP contribution in [0.3, 0.4) is 0 Å². The number of aromatic nitrogens is 2. The molecule has 0 amide bonds. The Morgan fingerprint density at radius 3 is 3.00 bits per heavy atom. The predicted octanol–water partition coefficient (Wildman–Crippen LogP) is 1.48. The lowest BCUT2D eigenvalue weighted by Crippen LogP contribution is -2.06. The van der Waals surface area contributed by atoms with Crippen LogP contribution in [0.5, 0.6) is 0 Å². The molecule has 1 N–H and O–H groups in total. The number of hydrogen-bond acceptors (Lipinski definition) is 5. The number of aliphatic carboxylic acids is 1. The molecule has 7 heteroatoms. The molecule has 0 bridgehead atoms. The highest BCUT2D eigenvalue weighted by molar-refractivity contribution is 5.67. The molecule has 0 atom stereocenters. The molecule has 0 spiro atoms. The van der Waals surface area contributed by atoms with E-state index >= 15 is 0 Å². The van der Waals surface area contributed by atoms with Crippen molar-refractivity contribution in [2.45, 2.75) is 6.61 Å². The van der Waals surface area contributed by atoms with Gasteiger partial charge in [0.25, 0.3) is 0 Å². The molecule has 18 heavy (non-hydrogen) atoms. The van der Waals surface area contributed by atoms with Gasteiger partial charge in [-0.25, -0.2) is 9.18 Å². The quantitative estimate of drug-likeness (QED) is 0.867. The van der Waals surface area contributed by atoms with E-state index in [-0.39, 0.29) is 18.4 Å². The lowest BCUT2D eigenvalue weighted by atomic mass is 10.2. The minimum atomic E-state index is -1.08. The molecule has 0 radical (unpaired) electrons. The minimum Gasteiger partial charge on any atom is -0.480 e. The summed E-state index contributed by atoms with van der Waals surface area (Å²) in [5, 5.41) is 15.7. The Labute approximate surface area is 101 Å². The first-order valence-corrected chi connectivity index (χ1v) is 5.03. The Morgan fingerprint density at radius 2 is 2.28 bits per heavy atom. The summed E-state index contributed by atoms with van der Waals surface area (Å²) in [5.41, 5.74) is 0.451. The van der Waals surface area contributed by atoms with Gasteiger partial charge in [-0.15, -0.1) is 10.2 Å². The third-order valence-corrected chi connectivity index (χ3v) is 1.99. The second kappa shape index (κ2) is 5.37. The Morgan fingerprint density at radius 1 is 1.44 bits per heavy atom. The molecule has 0 unspecified atom stereocenters. The van der Waals surface area contributed by atoms with Crippen molar-refractivity contribution in [3.8, 4) is 11.5 Å². The Balaban J connectivity index is 2.04. The Bertz CT molecular complexity index is 555. The highest BCUT2D eigenvalue weighted by atomic mass is 19.1. The number of hydrogen-bond donors (Lipinski definition) is 1. The largest absolute Gasteiger partial charge is 0.480 e. The minimum absolute atomic E-state index is 0.103. The summed E-state index contributed by atoms with van der Waals surface area (Å²) in [4.78, 5) is 10.2. The normalized spacial score (nSPS) is 10.5. The zero-order chi connectivity index (χ0) is 13.0. The van der Waals surface area contributed by atoms with Gasteiger partial charge >= 0.3 is 5.97 Å². The summed E-state index contributed by atoms with van der Waals surface area (Å²) in [7, 11) is 0. The lowest BCUT2D eigenvalue weighted by molar-refractivity contribution is -0.142. The van der Waals surface area contributed by atoms with Crippen LogP contribution in [-0.4, -0.2) is 27.9 Å². The van der Waals surface area contributed by atoms with Gasteiger partial charge in [-0.3, -0.25) is 0 Å². The summed E-state index contributed by atoms with van der Waals surface area (Å²) in [5.74, 6) is -1.20. The Hall–Kier alpha value is -2.28. The molecule has 0 aliphatic rings. The molecule has 6 nitrogen and oxygen atoms in total. The highest BCUT2D eigenvalue weighted by Crippen LogP contribution is 2.18. The lowest BCUT2D eigenvalue weighted by Gasteiger charge is -1.96. The summed E-state index contributed by atoms with van der Waals surface area (Å²) in [6, 6.07) is 5.71. The van der Waals surface area contributed by atoms with Crippen molar-refractivity contribution in [3.63, 3.8) is 0 Å². The van der Waals surface area contributed by atoms with Crippen LogP contribution in [0, 0.1) is 5.82 Å². The average Bonchev–Trinajstić information content (AvgIpc) is 2.77. The monoisotopic (exact) mass is 252 g/mol. The smallest absolute Gasteiger partial charge is 0.329 e. The fourth-order valence-corrected chi connectivity index (χ4v) is 1.28. The molecule has 1 aromatic heterocycles. The van der Waals surface area contributed by atoms with Crippen LogP contribution in [-0.2, 0) is 16.1 Å². The van der Waals surface area contributed by atoms with Gasteiger partial charge in [0.15, 0.2) is 0 Å². The van der Waals surface area contributed by atoms with E-state index in [2.05, 4.69) is 10.2 Å². The van der Waals surface area contributed by atoms with E-state index in [0.29, 0.717) is 5.56 Å². The van der Waals surface area contributed by atoms with Crippen LogP contribution in [0.2, 0.25) is 0 Å². The summed E-state index contributed by atoms with van der Waals surface area (Å²) in [6.07, 6.45) is 0. The van der Waals surface area contributed by atoms with E-state index < -0.39 is 18.4 Å². The zero-order valence-corrected chi connectivity index (χ0v) is 9.17. The maximum atomic E-state index is 13.0. The van der Waals surface area contributed by atoms with Crippen LogP contribution in [0.15, 0.2) is 28.7 Å². The van der Waals surface area contributed by atoms with Crippen molar-refractivity contribution >= 4 is 5.97 Å². The first-order chi connectivity index (χ1) is 8.65. The molecule has 1 heterocycles. The second-order valence-corrected chi connectivity index (χ2v) is 3.40. The summed E-state index contributed by atoms with van der Waals surface area (Å²) in [6.45, 7) is -0.549. The van der Waals surface area contributed by atoms with E-state index in [9.17, 15) is 9.18 Å². The third-order valence-electron chi connectivity index (χ3n) is 1.99. The van der Waals surface area contributed by atoms with Crippen molar-refractivity contribution in [3.05, 3.63) is 36.0 Å². The second-order valence-electron chi connectivity index (χ2n) is 3.40. The zero-order valence-electron chi connectivity index (χ0n) is 9.17. The summed E-state index contributed by atoms with van der Waals surface area (Å²) < 4.78 is 23.0. The fourth-order valence-electron chi connectivity index (χ4n) is 1.28. The number of carboxylic acid groups (broad SMARTS) is 1. The molecule has 1 aromatic carbocycles. The average molecular weight is 252 g/mol. The molecule has 0 aliphatic carbocycles. The van der Waals surface area contributed by atoms with Crippen molar-refractivity contribution < 1.29 is 23.4 Å². The van der Waals surface area contributed by atoms with Gasteiger partial charge in [0.1, 0.15) is 19.0 Å². The number of rotatable bonds is 5. The maximum absolute atomic E-state index is 13.0. The van der Waals surface area contributed by atoms with Gasteiger partial charge in [0, 0.05) is 5.56 Å². The SMILES string of the molecule is O=C(O)COCc1nnc(-c2cccc(F)c2)o1. The molecule has 0 saturated heterocycles. The first-order valence-electron chi connectivity index (χ1n) is 5.03. The predicted molar refractivity (Wildman–Crippen MR) is 57.0 cm³/mol. The molecule has 0 aliphatic heterocycles. The Kier molecular flexibility index (Phi) is 3.63. The van der Waals surface area contributed by atoms with E-state index in [1.54, 1.807) is 6.07 Å². The fraction of sp³-hybridized carbons (Fsp3) is 0.182. The number of halogens is 1. The van der Waals surface area contributed by atoms with Gasteiger partial charge in [-0.05, 0) is 18.2 Å². The topological polar surface area (TPSA) is 85.5 Å². The van der Waals surface area contributed by atoms with Gasteiger partial charge in [-0.2, -0.15) is 0 Å².